The molecule has 0 radical (unpaired) electrons. The van der Waals surface area contributed by atoms with Gasteiger partial charge in [0.1, 0.15) is 12.0 Å². The second-order valence-corrected chi connectivity index (χ2v) is 4.99. The van der Waals surface area contributed by atoms with Crippen molar-refractivity contribution in [2.75, 3.05) is 0 Å². The predicted molar refractivity (Wildman–Crippen MR) is 70.8 cm³/mol. The largest absolute Gasteiger partial charge is 0.390 e. The number of aromatic nitrogens is 3. The molecule has 5 heteroatoms. The van der Waals surface area contributed by atoms with Crippen LogP contribution < -0.4 is 0 Å². The summed E-state index contributed by atoms with van der Waals surface area (Å²) in [4.78, 5) is 11.3. The number of hydrogen-bond donors (Lipinski definition) is 3. The highest BCUT2D eigenvalue weighted by Crippen LogP contribution is 2.26. The molecule has 5 nitrogen and oxygen atoms in total. The predicted octanol–water partition coefficient (Wildman–Crippen LogP) is 2.12. The minimum atomic E-state index is -0.931. The van der Waals surface area contributed by atoms with Gasteiger partial charge in [-0.25, -0.2) is 9.97 Å². The number of H-pyrrole nitrogens is 1. The molecule has 0 aliphatic heterocycles. The molecule has 0 aromatic carbocycles. The maximum Gasteiger partial charge on any atom is 0.141 e. The zero-order valence-electron chi connectivity index (χ0n) is 10.9. The molecule has 2 heterocycles. The molecule has 0 saturated carbocycles. The van der Waals surface area contributed by atoms with E-state index in [2.05, 4.69) is 15.0 Å². The number of nitrogens with one attached hydrogen (secondary N) is 2. The Bertz CT molecular complexity index is 568. The van der Waals surface area contributed by atoms with Crippen molar-refractivity contribution in [1.29, 1.82) is 5.41 Å². The summed E-state index contributed by atoms with van der Waals surface area (Å²) in [6.45, 7) is 5.42. The molecule has 18 heavy (non-hydrogen) atoms. The van der Waals surface area contributed by atoms with E-state index >= 15 is 0 Å². The Morgan fingerprint density at radius 3 is 2.83 bits per heavy atom. The van der Waals surface area contributed by atoms with Gasteiger partial charge in [0, 0.05) is 17.5 Å². The molecular weight excluding hydrogens is 228 g/mol. The Balaban J connectivity index is 2.48. The molecule has 0 fully saturated rings. The van der Waals surface area contributed by atoms with Crippen molar-refractivity contribution >= 4 is 16.7 Å². The number of aromatic amines is 1. The summed E-state index contributed by atoms with van der Waals surface area (Å²) >= 11 is 0. The summed E-state index contributed by atoms with van der Waals surface area (Å²) in [5.41, 5.74) is 0.738. The Morgan fingerprint density at radius 1 is 1.50 bits per heavy atom. The van der Waals surface area contributed by atoms with E-state index in [9.17, 15) is 5.11 Å². The normalized spacial score (nSPS) is 13.8. The van der Waals surface area contributed by atoms with Gasteiger partial charge in [-0.3, -0.25) is 0 Å². The second kappa shape index (κ2) is 4.49. The molecule has 96 valence electrons. The van der Waals surface area contributed by atoms with Crippen LogP contribution in [0.2, 0.25) is 0 Å². The lowest BCUT2D eigenvalue weighted by molar-refractivity contribution is 0.0433. The highest BCUT2D eigenvalue weighted by atomic mass is 16.3. The van der Waals surface area contributed by atoms with Gasteiger partial charge in [0.2, 0.25) is 0 Å². The van der Waals surface area contributed by atoms with Gasteiger partial charge in [0.25, 0.3) is 0 Å². The van der Waals surface area contributed by atoms with Crippen LogP contribution in [0.1, 0.15) is 32.9 Å². The minimum absolute atomic E-state index is 0.245. The molecule has 3 N–H and O–H groups in total. The van der Waals surface area contributed by atoms with Crippen LogP contribution in [0.5, 0.6) is 0 Å². The van der Waals surface area contributed by atoms with Crippen LogP contribution in [0.3, 0.4) is 0 Å². The van der Waals surface area contributed by atoms with Crippen molar-refractivity contribution in [3.05, 3.63) is 24.3 Å². The second-order valence-electron chi connectivity index (χ2n) is 4.99. The molecule has 0 aliphatic rings. The summed E-state index contributed by atoms with van der Waals surface area (Å²) in [5, 5.41) is 19.3. The summed E-state index contributed by atoms with van der Waals surface area (Å²) in [5.74, 6) is -0.245. The molecule has 0 spiro atoms. The maximum atomic E-state index is 10.1. The number of hydrogen-bond acceptors (Lipinski definition) is 4. The van der Waals surface area contributed by atoms with Crippen molar-refractivity contribution < 1.29 is 5.11 Å². The quantitative estimate of drug-likeness (QED) is 0.722. The Kier molecular flexibility index (Phi) is 3.17. The molecule has 2 aromatic rings. The Hall–Kier alpha value is -1.75. The molecule has 1 atom stereocenters. The first-order valence-electron chi connectivity index (χ1n) is 6.04. The van der Waals surface area contributed by atoms with E-state index in [1.54, 1.807) is 20.0 Å². The average Bonchev–Trinajstić information content (AvgIpc) is 2.75. The lowest BCUT2D eigenvalue weighted by atomic mass is 9.83. The fourth-order valence-electron chi connectivity index (χ4n) is 2.31. The maximum absolute atomic E-state index is 10.1. The molecule has 0 aliphatic carbocycles. The summed E-state index contributed by atoms with van der Waals surface area (Å²) in [6.07, 6.45) is 3.92. The van der Waals surface area contributed by atoms with Crippen LogP contribution >= 0.6 is 0 Å². The highest BCUT2D eigenvalue weighted by molar-refractivity contribution is 6.07. The van der Waals surface area contributed by atoms with Gasteiger partial charge in [0.05, 0.1) is 17.0 Å². The van der Waals surface area contributed by atoms with E-state index in [1.165, 1.54) is 6.33 Å². The first kappa shape index (κ1) is 12.7. The topological polar surface area (TPSA) is 85.7 Å². The van der Waals surface area contributed by atoms with Gasteiger partial charge in [-0.15, -0.1) is 0 Å². The van der Waals surface area contributed by atoms with Crippen molar-refractivity contribution in [1.82, 2.24) is 15.0 Å². The zero-order valence-corrected chi connectivity index (χ0v) is 10.9. The molecule has 0 saturated heterocycles. The number of nitrogens with zero attached hydrogens (tertiary/aromatic N) is 2. The third-order valence-corrected chi connectivity index (χ3v) is 3.22. The summed E-state index contributed by atoms with van der Waals surface area (Å²) < 4.78 is 0. The SMILES string of the molecule is CCC(C(=N)c1ncnc2[nH]ccc12)C(C)(C)O. The molecule has 0 bridgehead atoms. The third kappa shape index (κ3) is 2.13. The summed E-state index contributed by atoms with van der Waals surface area (Å²) in [7, 11) is 0. The van der Waals surface area contributed by atoms with Gasteiger partial charge < -0.3 is 15.5 Å². The van der Waals surface area contributed by atoms with Crippen LogP contribution in [0.4, 0.5) is 0 Å². The van der Waals surface area contributed by atoms with E-state index in [4.69, 9.17) is 5.41 Å². The number of aliphatic hydroxyl groups is 1. The van der Waals surface area contributed by atoms with Crippen LogP contribution in [-0.4, -0.2) is 31.4 Å². The van der Waals surface area contributed by atoms with E-state index in [0.29, 0.717) is 17.8 Å². The van der Waals surface area contributed by atoms with Gasteiger partial charge >= 0.3 is 0 Å². The number of fused-ring (bicyclic) bond motifs is 1. The average molecular weight is 246 g/mol. The highest BCUT2D eigenvalue weighted by Gasteiger charge is 2.31. The van der Waals surface area contributed by atoms with Crippen LogP contribution in [0.15, 0.2) is 18.6 Å². The first-order valence-corrected chi connectivity index (χ1v) is 6.04. The molecule has 1 unspecified atom stereocenters. The standard InChI is InChI=1S/C13H18N4O/c1-4-9(13(2,3)18)10(14)11-8-5-6-15-12(8)17-7-16-11/h5-7,9,14,18H,4H2,1-3H3,(H,15,16,17). The van der Waals surface area contributed by atoms with Gasteiger partial charge in [-0.2, -0.15) is 0 Å². The Labute approximate surface area is 106 Å². The fraction of sp³-hybridized carbons (Fsp3) is 0.462. The van der Waals surface area contributed by atoms with E-state index in [0.717, 1.165) is 11.0 Å². The van der Waals surface area contributed by atoms with Crippen molar-refractivity contribution in [3.63, 3.8) is 0 Å². The van der Waals surface area contributed by atoms with E-state index in [1.807, 2.05) is 13.0 Å². The molecular formula is C13H18N4O. The van der Waals surface area contributed by atoms with Crippen LogP contribution in [0, 0.1) is 11.3 Å². The fourth-order valence-corrected chi connectivity index (χ4v) is 2.31. The van der Waals surface area contributed by atoms with E-state index < -0.39 is 5.60 Å². The number of rotatable bonds is 4. The lowest BCUT2D eigenvalue weighted by Gasteiger charge is -2.28. The van der Waals surface area contributed by atoms with Crippen molar-refractivity contribution in [3.8, 4) is 0 Å². The molecule has 0 amide bonds. The monoisotopic (exact) mass is 246 g/mol. The molecule has 2 aromatic heterocycles. The first-order chi connectivity index (χ1) is 8.45. The van der Waals surface area contributed by atoms with Gasteiger partial charge in [-0.1, -0.05) is 6.92 Å². The smallest absolute Gasteiger partial charge is 0.141 e. The summed E-state index contributed by atoms with van der Waals surface area (Å²) in [6, 6.07) is 1.86. The molecule has 2 rings (SSSR count). The van der Waals surface area contributed by atoms with Gasteiger partial charge in [-0.05, 0) is 26.3 Å². The van der Waals surface area contributed by atoms with Crippen LogP contribution in [0.25, 0.3) is 11.0 Å². The van der Waals surface area contributed by atoms with E-state index in [-0.39, 0.29) is 5.92 Å². The lowest BCUT2D eigenvalue weighted by Crippen LogP contribution is -2.36. The zero-order chi connectivity index (χ0) is 13.3. The van der Waals surface area contributed by atoms with Crippen molar-refractivity contribution in [2.45, 2.75) is 32.8 Å². The van der Waals surface area contributed by atoms with Crippen LogP contribution in [-0.2, 0) is 0 Å². The van der Waals surface area contributed by atoms with Crippen molar-refractivity contribution in [2.24, 2.45) is 5.92 Å². The third-order valence-electron chi connectivity index (χ3n) is 3.22. The van der Waals surface area contributed by atoms with Gasteiger partial charge in [0.15, 0.2) is 0 Å². The minimum Gasteiger partial charge on any atom is -0.390 e. The Morgan fingerprint density at radius 2 is 2.22 bits per heavy atom.